The normalized spacial score (nSPS) is 14.1. The molecule has 4 aromatic rings. The van der Waals surface area contributed by atoms with E-state index in [0.717, 1.165) is 83.8 Å². The number of carbonyl (C=O) groups is 4. The average molecular weight is 886 g/mol. The van der Waals surface area contributed by atoms with Crippen LogP contribution in [-0.4, -0.2) is 105 Å². The molecule has 2 aromatic carbocycles. The summed E-state index contributed by atoms with van der Waals surface area (Å²) in [5.74, 6) is 1.61. The number of hydrogen-bond acceptors (Lipinski definition) is 11. The van der Waals surface area contributed by atoms with Gasteiger partial charge in [0.05, 0.1) is 26.0 Å². The summed E-state index contributed by atoms with van der Waals surface area (Å²) in [5, 5.41) is 10.4. The third-order valence-corrected chi connectivity index (χ3v) is 11.7. The molecule has 2 aliphatic heterocycles. The number of ether oxygens (including phenoxy) is 2. The average Bonchev–Trinajstić information content (AvgIpc) is 3.66. The van der Waals surface area contributed by atoms with Crippen molar-refractivity contribution in [2.45, 2.75) is 77.8 Å². The van der Waals surface area contributed by atoms with E-state index in [0.29, 0.717) is 80.8 Å². The van der Waals surface area contributed by atoms with Gasteiger partial charge in [-0.25, -0.2) is 8.78 Å². The summed E-state index contributed by atoms with van der Waals surface area (Å²) < 4.78 is 46.2. The van der Waals surface area contributed by atoms with Crippen LogP contribution in [0.3, 0.4) is 0 Å². The number of aromatic nitrogens is 3. The summed E-state index contributed by atoms with van der Waals surface area (Å²) in [5.41, 5.74) is 7.14. The summed E-state index contributed by atoms with van der Waals surface area (Å²) in [6.45, 7) is 10.7. The first kappa shape index (κ1) is 48.7. The number of imide groups is 1. The molecule has 2 N–H and O–H groups in total. The van der Waals surface area contributed by atoms with E-state index in [-0.39, 0.29) is 23.9 Å². The first-order valence-corrected chi connectivity index (χ1v) is 21.5. The number of amides is 3. The Bertz CT molecular complexity index is 2350. The van der Waals surface area contributed by atoms with Crippen molar-refractivity contribution in [3.8, 4) is 22.6 Å². The molecular formula is C47H61F2N9O6. The van der Waals surface area contributed by atoms with Gasteiger partial charge in [-0.1, -0.05) is 12.6 Å². The molecule has 1 unspecified atom stereocenters. The van der Waals surface area contributed by atoms with Gasteiger partial charge in [0.15, 0.2) is 5.82 Å². The number of hydrogen-bond donors (Lipinski definition) is 2. The quantitative estimate of drug-likeness (QED) is 0.0781. The minimum absolute atomic E-state index is 0.0663. The number of anilines is 3. The van der Waals surface area contributed by atoms with Crippen molar-refractivity contribution >= 4 is 48.4 Å². The first-order chi connectivity index (χ1) is 30.9. The van der Waals surface area contributed by atoms with Crippen molar-refractivity contribution in [2.75, 3.05) is 70.8 Å². The second-order valence-electron chi connectivity index (χ2n) is 15.7. The summed E-state index contributed by atoms with van der Waals surface area (Å²) in [6, 6.07) is 11.0. The van der Waals surface area contributed by atoms with E-state index in [1.807, 2.05) is 43.1 Å². The lowest BCUT2D eigenvalue weighted by Gasteiger charge is -2.33. The van der Waals surface area contributed by atoms with Crippen molar-refractivity contribution in [1.82, 2.24) is 29.9 Å². The van der Waals surface area contributed by atoms with Crippen LogP contribution in [0.5, 0.6) is 11.5 Å². The van der Waals surface area contributed by atoms with E-state index in [2.05, 4.69) is 43.7 Å². The van der Waals surface area contributed by atoms with Gasteiger partial charge in [0.25, 0.3) is 6.43 Å². The summed E-state index contributed by atoms with van der Waals surface area (Å²) in [6.07, 6.45) is 6.94. The minimum Gasteiger partial charge on any atom is -0.495 e. The minimum atomic E-state index is -2.76. The van der Waals surface area contributed by atoms with Crippen molar-refractivity contribution < 1.29 is 37.4 Å². The monoisotopic (exact) mass is 885 g/mol. The molecule has 6 rings (SSSR count). The summed E-state index contributed by atoms with van der Waals surface area (Å²) >= 11 is 0. The van der Waals surface area contributed by atoms with E-state index < -0.39 is 6.43 Å². The lowest BCUT2D eigenvalue weighted by Crippen LogP contribution is -2.30. The fourth-order valence-corrected chi connectivity index (χ4v) is 8.50. The largest absolute Gasteiger partial charge is 0.495 e. The summed E-state index contributed by atoms with van der Waals surface area (Å²) in [4.78, 5) is 53.3. The zero-order valence-corrected chi connectivity index (χ0v) is 37.7. The predicted molar refractivity (Wildman–Crippen MR) is 244 cm³/mol. The number of nitrogens with one attached hydrogen (secondary N) is 2. The van der Waals surface area contributed by atoms with E-state index in [9.17, 15) is 14.4 Å². The maximum atomic E-state index is 15.2. The molecule has 4 heterocycles. The van der Waals surface area contributed by atoms with Crippen LogP contribution in [0.1, 0.15) is 79.4 Å². The number of rotatable bonds is 20. The summed E-state index contributed by atoms with van der Waals surface area (Å²) in [7, 11) is 7.14. The van der Waals surface area contributed by atoms with Crippen LogP contribution in [0.4, 0.5) is 26.0 Å². The molecule has 0 saturated carbocycles. The molecule has 0 aliphatic carbocycles. The number of nitrogens with zero attached hydrogens (tertiary/aromatic N) is 7. The zero-order chi connectivity index (χ0) is 46.3. The number of benzene rings is 2. The molecule has 0 saturated heterocycles. The topological polar surface area (TPSA) is 156 Å². The van der Waals surface area contributed by atoms with E-state index in [1.54, 1.807) is 36.1 Å². The molecule has 17 heteroatoms. The molecule has 2 aliphatic rings. The third-order valence-electron chi connectivity index (χ3n) is 11.7. The maximum absolute atomic E-state index is 15.2. The van der Waals surface area contributed by atoms with Crippen molar-refractivity contribution in [3.05, 3.63) is 82.6 Å². The fourth-order valence-electron chi connectivity index (χ4n) is 8.50. The first-order valence-electron chi connectivity index (χ1n) is 21.5. The SMILES string of the molecule is C=Cn1cc(OC)c(-c2cc3c(cc2C(F)F)N(c2nn(C(CCCOc4cccc(N(C)CCC(=O)NC=O)c4C)CCNC=O)c4c2CN(C)CC4)CCC3)cc1=NC.CC=O. The van der Waals surface area contributed by atoms with Crippen LogP contribution in [0.25, 0.3) is 17.3 Å². The second-order valence-corrected chi connectivity index (χ2v) is 15.7. The Balaban J connectivity index is 0.00000250. The van der Waals surface area contributed by atoms with Crippen molar-refractivity contribution in [1.29, 1.82) is 0 Å². The van der Waals surface area contributed by atoms with Crippen molar-refractivity contribution in [2.24, 2.45) is 4.99 Å². The van der Waals surface area contributed by atoms with E-state index in [4.69, 9.17) is 19.4 Å². The van der Waals surface area contributed by atoms with Gasteiger partial charge in [-0.05, 0) is 94.5 Å². The van der Waals surface area contributed by atoms with Crippen molar-refractivity contribution in [3.63, 3.8) is 0 Å². The number of alkyl halides is 2. The molecule has 15 nitrogen and oxygen atoms in total. The van der Waals surface area contributed by atoms with E-state index >= 15 is 8.78 Å². The highest BCUT2D eigenvalue weighted by molar-refractivity contribution is 5.86. The second kappa shape index (κ2) is 23.4. The molecule has 3 amide bonds. The number of pyridine rings is 1. The number of methoxy groups -OCH3 is 1. The van der Waals surface area contributed by atoms with Crippen LogP contribution in [0.2, 0.25) is 0 Å². The van der Waals surface area contributed by atoms with Gasteiger partial charge in [0.2, 0.25) is 18.7 Å². The molecule has 0 radical (unpaired) electrons. The number of aryl methyl sites for hydroxylation is 1. The highest BCUT2D eigenvalue weighted by atomic mass is 19.3. The zero-order valence-electron chi connectivity index (χ0n) is 37.7. The Morgan fingerprint density at radius 3 is 2.55 bits per heavy atom. The van der Waals surface area contributed by atoms with Crippen LogP contribution in [-0.2, 0) is 38.6 Å². The standard InChI is InChI=1S/C45H57F2N9O5.C2H4O/c1-7-54-27-41(60-6)34(25-42(54)48-3)33-23-31-11-9-19-55(39(31)24-35(33)44(46)47)45-36-26-52(4)20-16-38(36)56(51-45)32(15-18-49-28-57)12-10-22-61-40-14-8-13-37(30(40)2)53(5)21-17-43(59)50-29-58;1-2-3/h7-8,13-14,23-25,27-29,32,44H,1,9-12,15-22,26H2,2-6H3,(H,49,57)(H,50,58,59);2H,1H3. The van der Waals surface area contributed by atoms with Gasteiger partial charge in [0, 0.05) is 105 Å². The third kappa shape index (κ3) is 11.4. The molecule has 344 valence electrons. The van der Waals surface area contributed by atoms with Gasteiger partial charge < -0.3 is 38.9 Å². The Morgan fingerprint density at radius 2 is 1.86 bits per heavy atom. The number of carbonyl (C=O) groups excluding carboxylic acids is 4. The lowest BCUT2D eigenvalue weighted by molar-refractivity contribution is -0.125. The van der Waals surface area contributed by atoms with Crippen LogP contribution >= 0.6 is 0 Å². The Morgan fingerprint density at radius 1 is 1.08 bits per heavy atom. The highest BCUT2D eigenvalue weighted by Crippen LogP contribution is 2.45. The van der Waals surface area contributed by atoms with Gasteiger partial charge in [-0.15, -0.1) is 0 Å². The lowest BCUT2D eigenvalue weighted by atomic mass is 9.91. The van der Waals surface area contributed by atoms with Crippen LogP contribution in [0.15, 0.2) is 54.2 Å². The smallest absolute Gasteiger partial charge is 0.264 e. The molecule has 0 fully saturated rings. The number of aldehydes is 1. The molecular weight excluding hydrogens is 825 g/mol. The van der Waals surface area contributed by atoms with Gasteiger partial charge in [0.1, 0.15) is 23.3 Å². The number of halogens is 2. The van der Waals surface area contributed by atoms with Gasteiger partial charge >= 0.3 is 0 Å². The van der Waals surface area contributed by atoms with E-state index in [1.165, 1.54) is 14.0 Å². The molecule has 1 atom stereocenters. The predicted octanol–water partition coefficient (Wildman–Crippen LogP) is 6.15. The fraction of sp³-hybridized carbons (Fsp3) is 0.447. The Labute approximate surface area is 373 Å². The number of fused-ring (bicyclic) bond motifs is 2. The molecule has 0 bridgehead atoms. The van der Waals surface area contributed by atoms with Gasteiger partial charge in [-0.3, -0.25) is 29.4 Å². The highest BCUT2D eigenvalue weighted by Gasteiger charge is 2.33. The Hall–Kier alpha value is -6.36. The molecule has 2 aromatic heterocycles. The van der Waals surface area contributed by atoms with Gasteiger partial charge in [-0.2, -0.15) is 5.10 Å². The number of likely N-dealkylation sites (N-methyl/N-ethyl adjacent to an activating group) is 1. The van der Waals surface area contributed by atoms with Crippen LogP contribution in [0, 0.1) is 6.92 Å². The Kier molecular flexibility index (Phi) is 17.8. The molecule has 64 heavy (non-hydrogen) atoms. The molecule has 0 spiro atoms. The maximum Gasteiger partial charge on any atom is 0.264 e. The van der Waals surface area contributed by atoms with Crippen LogP contribution < -0.4 is 35.4 Å².